The van der Waals surface area contributed by atoms with Crippen LogP contribution in [0.5, 0.6) is 0 Å². The number of rotatable bonds is 10. The van der Waals surface area contributed by atoms with E-state index < -0.39 is 11.7 Å². The lowest BCUT2D eigenvalue weighted by molar-refractivity contribution is -0.137. The van der Waals surface area contributed by atoms with Gasteiger partial charge in [0.15, 0.2) is 0 Å². The maximum Gasteiger partial charge on any atom is 0.421 e. The van der Waals surface area contributed by atoms with E-state index in [0.717, 1.165) is 71.0 Å². The van der Waals surface area contributed by atoms with E-state index in [1.165, 1.54) is 0 Å². The van der Waals surface area contributed by atoms with Gasteiger partial charge in [-0.2, -0.15) is 18.2 Å². The summed E-state index contributed by atoms with van der Waals surface area (Å²) in [6.45, 7) is 6.90. The fraction of sp³-hybridized carbons (Fsp3) is 0.800. The monoisotopic (exact) mass is 525 g/mol. The van der Waals surface area contributed by atoms with Crippen LogP contribution in [0.2, 0.25) is 0 Å². The van der Waals surface area contributed by atoms with Gasteiger partial charge in [-0.1, -0.05) is 0 Å². The molecular weight excluding hydrogens is 487 g/mol. The Morgan fingerprint density at radius 1 is 1.16 bits per heavy atom. The molecule has 4 aliphatic rings. The summed E-state index contributed by atoms with van der Waals surface area (Å²) in [7, 11) is 2.13. The minimum atomic E-state index is -4.56. The van der Waals surface area contributed by atoms with Crippen LogP contribution in [-0.2, 0) is 15.7 Å². The predicted molar refractivity (Wildman–Crippen MR) is 133 cm³/mol. The first-order valence-electron chi connectivity index (χ1n) is 13.5. The number of anilines is 2. The zero-order chi connectivity index (χ0) is 26.0. The molecular formula is C25H38F3N7O2. The fourth-order valence-corrected chi connectivity index (χ4v) is 5.87. The van der Waals surface area contributed by atoms with Crippen molar-refractivity contribution in [3.8, 4) is 0 Å². The summed E-state index contributed by atoms with van der Waals surface area (Å²) in [6, 6.07) is 0.0800. The van der Waals surface area contributed by atoms with Crippen LogP contribution >= 0.6 is 0 Å². The Labute approximate surface area is 216 Å². The summed E-state index contributed by atoms with van der Waals surface area (Å²) in [4.78, 5) is 27.4. The molecule has 2 bridgehead atoms. The highest BCUT2D eigenvalue weighted by Crippen LogP contribution is 2.39. The number of likely N-dealkylation sites (tertiary alicyclic amines) is 1. The lowest BCUT2D eigenvalue weighted by Gasteiger charge is -2.44. The van der Waals surface area contributed by atoms with Gasteiger partial charge in [0.1, 0.15) is 11.4 Å². The van der Waals surface area contributed by atoms with Crippen molar-refractivity contribution in [2.24, 2.45) is 5.92 Å². The van der Waals surface area contributed by atoms with Crippen LogP contribution in [0.25, 0.3) is 0 Å². The number of fused-ring (bicyclic) bond motifs is 2. The minimum absolute atomic E-state index is 0.0749. The van der Waals surface area contributed by atoms with Crippen molar-refractivity contribution in [1.29, 1.82) is 0 Å². The van der Waals surface area contributed by atoms with E-state index in [1.807, 2.05) is 4.90 Å². The topological polar surface area (TPSA) is 85.9 Å². The molecule has 2 N–H and O–H groups in total. The second-order valence-corrected chi connectivity index (χ2v) is 11.0. The Kier molecular flexibility index (Phi) is 7.78. The molecule has 1 aromatic heterocycles. The Morgan fingerprint density at radius 2 is 1.95 bits per heavy atom. The number of hydrogen-bond acceptors (Lipinski definition) is 8. The summed E-state index contributed by atoms with van der Waals surface area (Å²) < 4.78 is 46.5. The maximum absolute atomic E-state index is 13.7. The Balaban J connectivity index is 1.19. The molecule has 0 radical (unpaired) electrons. The van der Waals surface area contributed by atoms with Crippen molar-refractivity contribution >= 4 is 17.7 Å². The van der Waals surface area contributed by atoms with Crippen LogP contribution in [-0.4, -0.2) is 108 Å². The van der Waals surface area contributed by atoms with Gasteiger partial charge in [0.25, 0.3) is 0 Å². The lowest BCUT2D eigenvalue weighted by atomic mass is 9.74. The number of likely N-dealkylation sites (N-methyl/N-ethyl adjacent to an activating group) is 1. The van der Waals surface area contributed by atoms with Gasteiger partial charge >= 0.3 is 6.18 Å². The van der Waals surface area contributed by atoms with Crippen molar-refractivity contribution in [2.45, 2.75) is 56.3 Å². The summed E-state index contributed by atoms with van der Waals surface area (Å²) >= 11 is 0. The average molecular weight is 526 g/mol. The van der Waals surface area contributed by atoms with E-state index in [4.69, 9.17) is 4.74 Å². The Hall–Kier alpha value is -2.18. The number of carbonyl (C=O) groups excluding carboxylic acids is 1. The largest absolute Gasteiger partial charge is 0.421 e. The number of piperazine rings is 1. The van der Waals surface area contributed by atoms with Crippen molar-refractivity contribution in [2.75, 3.05) is 76.7 Å². The first-order valence-corrected chi connectivity index (χ1v) is 13.5. The lowest BCUT2D eigenvalue weighted by Crippen LogP contribution is -2.50. The number of halogens is 3. The maximum atomic E-state index is 13.7. The molecule has 37 heavy (non-hydrogen) atoms. The molecule has 1 aliphatic carbocycles. The standard InChI is InChI=1S/C25H38F3N7O2/c1-33-10-12-34(13-11-33)9-6-24(4-2-5-24)32-23-30-15-20(25(26,27)28)21(31-23)29-7-3-8-35-19-14-18(22(35)36)16-37-17-19/h15,18-19H,2-14,16-17H2,1H3,(H2,29,30,31,32). The molecule has 206 valence electrons. The van der Waals surface area contributed by atoms with Crippen LogP contribution in [0, 0.1) is 5.92 Å². The number of nitrogens with zero attached hydrogens (tertiary/aromatic N) is 5. The van der Waals surface area contributed by atoms with E-state index in [0.29, 0.717) is 26.2 Å². The van der Waals surface area contributed by atoms with Gasteiger partial charge in [0.05, 0.1) is 25.2 Å². The highest BCUT2D eigenvalue weighted by molar-refractivity contribution is 5.82. The van der Waals surface area contributed by atoms with E-state index in [-0.39, 0.29) is 41.7 Å². The molecule has 1 aromatic rings. The third kappa shape index (κ3) is 6.12. The molecule has 12 heteroatoms. The highest BCUT2D eigenvalue weighted by Gasteiger charge is 2.42. The second kappa shape index (κ2) is 10.9. The Bertz CT molecular complexity index is 951. The van der Waals surface area contributed by atoms with Gasteiger partial charge in [0, 0.05) is 57.5 Å². The molecule has 1 amide bonds. The SMILES string of the molecule is CN1CCN(CCC2(Nc3ncc(C(F)(F)F)c(NCCCN4C(=O)C5COCC4C5)n3)CCC2)CC1. The number of aromatic nitrogens is 2. The molecule has 3 aliphatic heterocycles. The third-order valence-electron chi connectivity index (χ3n) is 8.41. The van der Waals surface area contributed by atoms with Crippen molar-refractivity contribution in [3.05, 3.63) is 11.8 Å². The summed E-state index contributed by atoms with van der Waals surface area (Å²) in [6.07, 6.45) is 1.57. The van der Waals surface area contributed by atoms with E-state index in [1.54, 1.807) is 0 Å². The summed E-state index contributed by atoms with van der Waals surface area (Å²) in [5.74, 6) is 0.0334. The summed E-state index contributed by atoms with van der Waals surface area (Å²) in [5, 5.41) is 6.27. The number of nitrogens with one attached hydrogen (secondary N) is 2. The molecule has 0 spiro atoms. The molecule has 5 rings (SSSR count). The van der Waals surface area contributed by atoms with Crippen molar-refractivity contribution in [3.63, 3.8) is 0 Å². The van der Waals surface area contributed by atoms with Crippen molar-refractivity contribution < 1.29 is 22.7 Å². The molecule has 9 nitrogen and oxygen atoms in total. The van der Waals surface area contributed by atoms with Crippen LogP contribution in [0.3, 0.4) is 0 Å². The number of amides is 1. The number of ether oxygens (including phenoxy) is 1. The van der Waals surface area contributed by atoms with Crippen LogP contribution in [0.1, 0.15) is 44.1 Å². The molecule has 3 saturated heterocycles. The highest BCUT2D eigenvalue weighted by atomic mass is 19.4. The number of carbonyl (C=O) groups is 1. The first-order chi connectivity index (χ1) is 17.7. The van der Waals surface area contributed by atoms with Crippen LogP contribution in [0.4, 0.5) is 24.9 Å². The molecule has 2 atom stereocenters. The smallest absolute Gasteiger partial charge is 0.378 e. The molecule has 4 fully saturated rings. The molecule has 2 unspecified atom stereocenters. The second-order valence-electron chi connectivity index (χ2n) is 11.0. The fourth-order valence-electron chi connectivity index (χ4n) is 5.87. The van der Waals surface area contributed by atoms with Gasteiger partial charge < -0.3 is 30.1 Å². The molecule has 1 saturated carbocycles. The number of alkyl halides is 3. The van der Waals surface area contributed by atoms with E-state index >= 15 is 0 Å². The zero-order valence-electron chi connectivity index (χ0n) is 21.5. The minimum Gasteiger partial charge on any atom is -0.378 e. The third-order valence-corrected chi connectivity index (χ3v) is 8.41. The van der Waals surface area contributed by atoms with Crippen molar-refractivity contribution in [1.82, 2.24) is 24.7 Å². The molecule has 4 heterocycles. The van der Waals surface area contributed by atoms with E-state index in [9.17, 15) is 18.0 Å². The molecule has 0 aromatic carbocycles. The Morgan fingerprint density at radius 3 is 2.62 bits per heavy atom. The predicted octanol–water partition coefficient (Wildman–Crippen LogP) is 2.52. The first kappa shape index (κ1) is 26.4. The average Bonchev–Trinajstić information content (AvgIpc) is 3.06. The van der Waals surface area contributed by atoms with Gasteiger partial charge in [-0.3, -0.25) is 4.79 Å². The van der Waals surface area contributed by atoms with E-state index in [2.05, 4.69) is 37.4 Å². The zero-order valence-corrected chi connectivity index (χ0v) is 21.5. The van der Waals surface area contributed by atoms with Crippen LogP contribution in [0.15, 0.2) is 6.20 Å². The normalized spacial score (nSPS) is 26.3. The van der Waals surface area contributed by atoms with Gasteiger partial charge in [-0.05, 0) is 45.6 Å². The van der Waals surface area contributed by atoms with Gasteiger partial charge in [-0.25, -0.2) is 4.98 Å². The van der Waals surface area contributed by atoms with Gasteiger partial charge in [-0.15, -0.1) is 0 Å². The summed E-state index contributed by atoms with van der Waals surface area (Å²) in [5.41, 5.74) is -1.05. The van der Waals surface area contributed by atoms with Gasteiger partial charge in [0.2, 0.25) is 11.9 Å². The number of hydrogen-bond donors (Lipinski definition) is 2. The van der Waals surface area contributed by atoms with Crippen LogP contribution < -0.4 is 10.6 Å². The quantitative estimate of drug-likeness (QED) is 0.451.